The predicted molar refractivity (Wildman–Crippen MR) is 81.7 cm³/mol. The zero-order valence-corrected chi connectivity index (χ0v) is 13.3. The number of benzene rings is 1. The van der Waals surface area contributed by atoms with Gasteiger partial charge in [0.25, 0.3) is 0 Å². The molecule has 2 heterocycles. The van der Waals surface area contributed by atoms with E-state index in [-0.39, 0.29) is 24.4 Å². The molecule has 0 aromatic heterocycles. The highest BCUT2D eigenvalue weighted by Gasteiger charge is 2.51. The molecule has 0 amide bonds. The van der Waals surface area contributed by atoms with E-state index >= 15 is 0 Å². The molecule has 3 rings (SSSR count). The number of hydrogen-bond acceptors (Lipinski definition) is 3. The highest BCUT2D eigenvalue weighted by Crippen LogP contribution is 2.36. The van der Waals surface area contributed by atoms with E-state index in [1.54, 1.807) is 0 Å². The van der Waals surface area contributed by atoms with Gasteiger partial charge in [-0.1, -0.05) is 23.7 Å². The highest BCUT2D eigenvalue weighted by atomic mass is 35.5. The van der Waals surface area contributed by atoms with E-state index in [9.17, 15) is 0 Å². The molecule has 2 aliphatic rings. The van der Waals surface area contributed by atoms with Gasteiger partial charge in [0.05, 0.1) is 27.6 Å². The molecule has 106 valence electrons. The fourth-order valence-electron chi connectivity index (χ4n) is 2.47. The summed E-state index contributed by atoms with van der Waals surface area (Å²) >= 11 is 6.33. The summed E-state index contributed by atoms with van der Waals surface area (Å²) in [7, 11) is -0.356. The van der Waals surface area contributed by atoms with Crippen LogP contribution in [0.5, 0.6) is 0 Å². The van der Waals surface area contributed by atoms with Crippen LogP contribution in [-0.2, 0) is 9.31 Å². The van der Waals surface area contributed by atoms with Crippen molar-refractivity contribution >= 4 is 29.2 Å². The first-order chi connectivity index (χ1) is 9.21. The summed E-state index contributed by atoms with van der Waals surface area (Å²) < 4.78 is 12.1. The Balaban J connectivity index is 2.02. The van der Waals surface area contributed by atoms with Crippen LogP contribution < -0.4 is 16.0 Å². The highest BCUT2D eigenvalue weighted by molar-refractivity contribution is 6.62. The Hall–Kier alpha value is -0.835. The van der Waals surface area contributed by atoms with E-state index in [1.165, 1.54) is 0 Å². The van der Waals surface area contributed by atoms with Gasteiger partial charge in [0, 0.05) is 5.22 Å². The third-order valence-electron chi connectivity index (χ3n) is 4.50. The first-order valence-corrected chi connectivity index (χ1v) is 7.32. The van der Waals surface area contributed by atoms with Gasteiger partial charge in [-0.2, -0.15) is 0 Å². The van der Waals surface area contributed by atoms with E-state index in [2.05, 4.69) is 32.7 Å². The number of nitrogens with zero attached hydrogens (tertiary/aromatic N) is 1. The summed E-state index contributed by atoms with van der Waals surface area (Å²) in [5.74, 6) is 0. The van der Waals surface area contributed by atoms with Gasteiger partial charge in [0.15, 0.2) is 0 Å². The third kappa shape index (κ3) is 2.02. The molecule has 0 radical (unpaired) electrons. The van der Waals surface area contributed by atoms with Crippen LogP contribution in [0.3, 0.4) is 0 Å². The molecule has 0 bridgehead atoms. The van der Waals surface area contributed by atoms with Crippen LogP contribution in [0.2, 0.25) is 0 Å². The first-order valence-electron chi connectivity index (χ1n) is 6.94. The fraction of sp³-hybridized carbons (Fsp3) is 0.533. The maximum Gasteiger partial charge on any atom is 0.494 e. The second-order valence-corrected chi connectivity index (χ2v) is 6.93. The molecule has 2 aliphatic heterocycles. The normalized spacial score (nSPS) is 26.6. The van der Waals surface area contributed by atoms with Crippen LogP contribution in [0.15, 0.2) is 23.2 Å². The van der Waals surface area contributed by atoms with Crippen molar-refractivity contribution in [1.29, 1.82) is 0 Å². The van der Waals surface area contributed by atoms with Crippen molar-refractivity contribution in [3.05, 3.63) is 28.8 Å². The van der Waals surface area contributed by atoms with Crippen LogP contribution >= 0.6 is 11.6 Å². The van der Waals surface area contributed by atoms with E-state index in [0.29, 0.717) is 0 Å². The standard InChI is InChI=1S/C15H19BClNO2/c1-9-13(17)11-8-10(6-7-12(11)18-9)16-19-14(2,3)15(4,5)20-16/h6-9H,1-5H3. The zero-order valence-electron chi connectivity index (χ0n) is 12.5. The van der Waals surface area contributed by atoms with Crippen molar-refractivity contribution in [3.63, 3.8) is 0 Å². The molecule has 0 saturated carbocycles. The Morgan fingerprint density at radius 2 is 1.75 bits per heavy atom. The second kappa shape index (κ2) is 4.33. The summed E-state index contributed by atoms with van der Waals surface area (Å²) in [5, 5.41) is 2.73. The summed E-state index contributed by atoms with van der Waals surface area (Å²) in [6.45, 7) is 10.2. The average molecular weight is 292 g/mol. The van der Waals surface area contributed by atoms with E-state index in [4.69, 9.17) is 20.9 Å². The SMILES string of the molecule is CC1N=c2ccc(B3OC(C)(C)C(C)(C)O3)cc2=C1Cl. The van der Waals surface area contributed by atoms with Crippen LogP contribution in [-0.4, -0.2) is 24.4 Å². The van der Waals surface area contributed by atoms with Crippen LogP contribution in [0, 0.1) is 0 Å². The number of halogens is 1. The largest absolute Gasteiger partial charge is 0.494 e. The molecule has 0 N–H and O–H groups in total. The van der Waals surface area contributed by atoms with Crippen molar-refractivity contribution in [2.24, 2.45) is 4.99 Å². The minimum atomic E-state index is -0.356. The minimum absolute atomic E-state index is 0.0419. The molecule has 1 unspecified atom stereocenters. The van der Waals surface area contributed by atoms with E-state index < -0.39 is 0 Å². The average Bonchev–Trinajstić information content (AvgIpc) is 2.74. The van der Waals surface area contributed by atoms with Crippen LogP contribution in [0.1, 0.15) is 34.6 Å². The van der Waals surface area contributed by atoms with Crippen LogP contribution in [0.4, 0.5) is 0 Å². The Bertz CT molecular complexity index is 668. The Morgan fingerprint density at radius 1 is 1.15 bits per heavy atom. The Labute approximate surface area is 124 Å². The number of fused-ring (bicyclic) bond motifs is 1. The minimum Gasteiger partial charge on any atom is -0.399 e. The maximum atomic E-state index is 6.33. The van der Waals surface area contributed by atoms with Crippen molar-refractivity contribution in [2.75, 3.05) is 0 Å². The topological polar surface area (TPSA) is 30.8 Å². The van der Waals surface area contributed by atoms with Gasteiger partial charge < -0.3 is 9.31 Å². The lowest BCUT2D eigenvalue weighted by atomic mass is 9.79. The van der Waals surface area contributed by atoms with Crippen LogP contribution in [0.25, 0.3) is 5.03 Å². The quantitative estimate of drug-likeness (QED) is 0.732. The van der Waals surface area contributed by atoms with Gasteiger partial charge in [0.1, 0.15) is 0 Å². The Morgan fingerprint density at radius 3 is 2.35 bits per heavy atom. The maximum absolute atomic E-state index is 6.33. The van der Waals surface area contributed by atoms with E-state index in [1.807, 2.05) is 25.1 Å². The van der Waals surface area contributed by atoms with E-state index in [0.717, 1.165) is 21.1 Å². The molecule has 5 heteroatoms. The number of hydrogen-bond donors (Lipinski definition) is 0. The molecule has 20 heavy (non-hydrogen) atoms. The molecule has 1 atom stereocenters. The lowest BCUT2D eigenvalue weighted by molar-refractivity contribution is 0.00578. The summed E-state index contributed by atoms with van der Waals surface area (Å²) in [6.07, 6.45) is 0. The van der Waals surface area contributed by atoms with Crippen molar-refractivity contribution < 1.29 is 9.31 Å². The monoisotopic (exact) mass is 291 g/mol. The molecule has 3 nitrogen and oxygen atoms in total. The van der Waals surface area contributed by atoms with Gasteiger partial charge >= 0.3 is 7.12 Å². The second-order valence-electron chi connectivity index (χ2n) is 6.52. The van der Waals surface area contributed by atoms with Gasteiger partial charge in [0.2, 0.25) is 0 Å². The molecule has 1 aromatic carbocycles. The molecule has 0 spiro atoms. The van der Waals surface area contributed by atoms with Crippen molar-refractivity contribution in [1.82, 2.24) is 0 Å². The van der Waals surface area contributed by atoms with Gasteiger partial charge in [-0.25, -0.2) is 0 Å². The lowest BCUT2D eigenvalue weighted by Gasteiger charge is -2.32. The molecule has 1 saturated heterocycles. The number of rotatable bonds is 1. The molecular formula is C15H19BClNO2. The van der Waals surface area contributed by atoms with Gasteiger partial charge in [-0.05, 0) is 46.1 Å². The molecular weight excluding hydrogens is 272 g/mol. The molecule has 0 aliphatic carbocycles. The smallest absolute Gasteiger partial charge is 0.399 e. The molecule has 1 fully saturated rings. The fourth-order valence-corrected chi connectivity index (χ4v) is 2.67. The Kier molecular flexibility index (Phi) is 3.05. The zero-order chi connectivity index (χ0) is 14.7. The summed E-state index contributed by atoms with van der Waals surface area (Å²) in [4.78, 5) is 4.51. The summed E-state index contributed by atoms with van der Waals surface area (Å²) in [6, 6.07) is 6.07. The molecule has 1 aromatic rings. The van der Waals surface area contributed by atoms with Gasteiger partial charge in [-0.15, -0.1) is 0 Å². The van der Waals surface area contributed by atoms with Gasteiger partial charge in [-0.3, -0.25) is 4.99 Å². The first kappa shape index (κ1) is 14.1. The third-order valence-corrected chi connectivity index (χ3v) is 5.02. The summed E-state index contributed by atoms with van der Waals surface area (Å²) in [5.41, 5.74) is 0.328. The van der Waals surface area contributed by atoms with Crippen molar-refractivity contribution in [2.45, 2.75) is 51.9 Å². The van der Waals surface area contributed by atoms with Crippen molar-refractivity contribution in [3.8, 4) is 0 Å². The lowest BCUT2D eigenvalue weighted by Crippen LogP contribution is -2.41. The predicted octanol–water partition coefficient (Wildman–Crippen LogP) is 1.35.